The number of pyridine rings is 1. The van der Waals surface area contributed by atoms with Crippen LogP contribution in [0.25, 0.3) is 0 Å². The predicted molar refractivity (Wildman–Crippen MR) is 128 cm³/mol. The van der Waals surface area contributed by atoms with Crippen LogP contribution in [-0.4, -0.2) is 28.9 Å². The quantitative estimate of drug-likeness (QED) is 0.305. The zero-order valence-corrected chi connectivity index (χ0v) is 18.9. The first-order chi connectivity index (χ1) is 13.7. The number of carbonyl (C=O) groups is 1. The van der Waals surface area contributed by atoms with Crippen LogP contribution in [0.1, 0.15) is 18.5 Å². The Morgan fingerprint density at radius 2 is 2.07 bits per heavy atom. The van der Waals surface area contributed by atoms with Crippen molar-refractivity contribution in [2.75, 3.05) is 28.2 Å². The standard InChI is InChI=1S/C22H24IN3OS/c1-26(14-8-7-13-23)20-19(16-24-18-12-9-15-28-21(18)20)25-22(27)17-10-5-3-2-4-6-11-17/h2-6,9-11,15-16H,7-8,12-14H2,1H3,(H,25,27). The Labute approximate surface area is 184 Å². The second-order valence-electron chi connectivity index (χ2n) is 6.51. The first-order valence-corrected chi connectivity index (χ1v) is 11.7. The molecule has 2 aliphatic rings. The monoisotopic (exact) mass is 505 g/mol. The Kier molecular flexibility index (Phi) is 7.97. The molecule has 0 radical (unpaired) electrons. The van der Waals surface area contributed by atoms with Gasteiger partial charge in [0.1, 0.15) is 0 Å². The molecule has 2 heterocycles. The maximum absolute atomic E-state index is 12.9. The minimum absolute atomic E-state index is 0.129. The number of carbonyl (C=O) groups excluding carboxylic acids is 1. The topological polar surface area (TPSA) is 45.2 Å². The van der Waals surface area contributed by atoms with E-state index in [1.54, 1.807) is 18.0 Å². The van der Waals surface area contributed by atoms with Gasteiger partial charge in [0.15, 0.2) is 0 Å². The summed E-state index contributed by atoms with van der Waals surface area (Å²) >= 11 is 4.09. The highest BCUT2D eigenvalue weighted by molar-refractivity contribution is 14.1. The molecule has 4 nitrogen and oxygen atoms in total. The van der Waals surface area contributed by atoms with E-state index in [-0.39, 0.29) is 5.91 Å². The van der Waals surface area contributed by atoms with Crippen LogP contribution < -0.4 is 10.2 Å². The zero-order chi connectivity index (χ0) is 19.8. The lowest BCUT2D eigenvalue weighted by Gasteiger charge is -2.27. The van der Waals surface area contributed by atoms with Crippen molar-refractivity contribution in [3.63, 3.8) is 0 Å². The number of amides is 1. The first kappa shape index (κ1) is 20.9. The molecule has 0 saturated heterocycles. The lowest BCUT2D eigenvalue weighted by molar-refractivity contribution is -0.112. The van der Waals surface area contributed by atoms with E-state index in [0.29, 0.717) is 5.57 Å². The number of nitrogens with one attached hydrogen (secondary N) is 1. The summed E-state index contributed by atoms with van der Waals surface area (Å²) in [5.41, 5.74) is 3.51. The Bertz CT molecular complexity index is 871. The van der Waals surface area contributed by atoms with Crippen molar-refractivity contribution in [3.8, 4) is 0 Å². The number of alkyl halides is 1. The van der Waals surface area contributed by atoms with E-state index in [2.05, 4.69) is 56.3 Å². The lowest BCUT2D eigenvalue weighted by Crippen LogP contribution is -2.24. The largest absolute Gasteiger partial charge is 0.372 e. The first-order valence-electron chi connectivity index (χ1n) is 9.34. The van der Waals surface area contributed by atoms with Gasteiger partial charge in [0, 0.05) is 25.6 Å². The van der Waals surface area contributed by atoms with Gasteiger partial charge in [-0.2, -0.15) is 0 Å². The molecule has 28 heavy (non-hydrogen) atoms. The molecule has 146 valence electrons. The van der Waals surface area contributed by atoms with E-state index in [4.69, 9.17) is 0 Å². The second kappa shape index (κ2) is 10.7. The number of hydrogen-bond acceptors (Lipinski definition) is 4. The van der Waals surface area contributed by atoms with Crippen molar-refractivity contribution in [2.45, 2.75) is 24.2 Å². The summed E-state index contributed by atoms with van der Waals surface area (Å²) in [5, 5.41) is 5.20. The predicted octanol–water partition coefficient (Wildman–Crippen LogP) is 5.44. The van der Waals surface area contributed by atoms with E-state index in [1.807, 2.05) is 42.5 Å². The number of anilines is 2. The Hall–Kier alpha value is -1.80. The van der Waals surface area contributed by atoms with E-state index in [0.717, 1.165) is 45.8 Å². The number of allylic oxidation sites excluding steroid dienone is 7. The van der Waals surface area contributed by atoms with Crippen molar-refractivity contribution < 1.29 is 4.79 Å². The van der Waals surface area contributed by atoms with Crippen LogP contribution in [0.4, 0.5) is 11.4 Å². The van der Waals surface area contributed by atoms with E-state index in [9.17, 15) is 4.79 Å². The van der Waals surface area contributed by atoms with E-state index < -0.39 is 0 Å². The third kappa shape index (κ3) is 5.38. The summed E-state index contributed by atoms with van der Waals surface area (Å²) in [4.78, 5) is 20.9. The zero-order valence-electron chi connectivity index (χ0n) is 15.9. The average Bonchev–Trinajstić information content (AvgIpc) is 2.67. The van der Waals surface area contributed by atoms with Gasteiger partial charge in [-0.15, -0.1) is 0 Å². The van der Waals surface area contributed by atoms with Gasteiger partial charge in [-0.25, -0.2) is 0 Å². The molecule has 1 aliphatic heterocycles. The van der Waals surface area contributed by atoms with E-state index >= 15 is 0 Å². The summed E-state index contributed by atoms with van der Waals surface area (Å²) in [6.45, 7) is 0.947. The molecule has 6 heteroatoms. The van der Waals surface area contributed by atoms with Gasteiger partial charge in [0.05, 0.1) is 28.2 Å². The van der Waals surface area contributed by atoms with Gasteiger partial charge in [0.2, 0.25) is 0 Å². The van der Waals surface area contributed by atoms with Crippen molar-refractivity contribution >= 4 is 51.6 Å². The van der Waals surface area contributed by atoms with Crippen LogP contribution in [0.3, 0.4) is 0 Å². The Morgan fingerprint density at radius 3 is 2.93 bits per heavy atom. The van der Waals surface area contributed by atoms with Crippen LogP contribution >= 0.6 is 34.4 Å². The molecule has 1 aliphatic carbocycles. The number of hydrogen-bond donors (Lipinski definition) is 1. The molecule has 0 atom stereocenters. The molecule has 1 aromatic rings. The number of nitrogens with zero attached hydrogens (tertiary/aromatic N) is 2. The van der Waals surface area contributed by atoms with Crippen molar-refractivity contribution in [1.29, 1.82) is 0 Å². The normalized spacial score (nSPS) is 14.9. The highest BCUT2D eigenvalue weighted by atomic mass is 127. The fraction of sp³-hybridized carbons (Fsp3) is 0.273. The lowest BCUT2D eigenvalue weighted by atomic mass is 10.1. The van der Waals surface area contributed by atoms with Crippen LogP contribution in [-0.2, 0) is 11.2 Å². The molecular formula is C22H24IN3OS. The second-order valence-corrected chi connectivity index (χ2v) is 8.51. The third-order valence-electron chi connectivity index (χ3n) is 4.44. The number of aromatic nitrogens is 1. The smallest absolute Gasteiger partial charge is 0.255 e. The SMILES string of the molecule is CN(CCCCI)c1c(NC(=O)C2=CC=CC=CC=C2)cnc2c1SC=CC2. The molecule has 0 fully saturated rings. The van der Waals surface area contributed by atoms with Gasteiger partial charge in [0.25, 0.3) is 5.91 Å². The van der Waals surface area contributed by atoms with Crippen LogP contribution in [0, 0.1) is 0 Å². The molecular weight excluding hydrogens is 481 g/mol. The maximum Gasteiger partial charge on any atom is 0.255 e. The number of unbranched alkanes of at least 4 members (excludes halogenated alkanes) is 1. The fourth-order valence-electron chi connectivity index (χ4n) is 3.00. The van der Waals surface area contributed by atoms with Crippen molar-refractivity contribution in [2.24, 2.45) is 0 Å². The fourth-order valence-corrected chi connectivity index (χ4v) is 4.52. The molecule has 0 unspecified atom stereocenters. The average molecular weight is 505 g/mol. The number of fused-ring (bicyclic) bond motifs is 1. The van der Waals surface area contributed by atoms with Gasteiger partial charge in [-0.3, -0.25) is 9.78 Å². The summed E-state index contributed by atoms with van der Waals surface area (Å²) in [6.07, 6.45) is 20.2. The summed E-state index contributed by atoms with van der Waals surface area (Å²) in [6, 6.07) is 0. The number of rotatable bonds is 7. The molecule has 1 aromatic heterocycles. The van der Waals surface area contributed by atoms with Crippen LogP contribution in [0.15, 0.2) is 70.7 Å². The maximum atomic E-state index is 12.9. The highest BCUT2D eigenvalue weighted by Gasteiger charge is 2.21. The van der Waals surface area contributed by atoms with Crippen LogP contribution in [0.5, 0.6) is 0 Å². The van der Waals surface area contributed by atoms with Crippen molar-refractivity contribution in [3.05, 3.63) is 71.5 Å². The van der Waals surface area contributed by atoms with Gasteiger partial charge in [-0.05, 0) is 34.8 Å². The summed E-state index contributed by atoms with van der Waals surface area (Å²) < 4.78 is 1.16. The molecule has 1 N–H and O–H groups in total. The molecule has 0 saturated carbocycles. The number of halogens is 1. The molecule has 0 spiro atoms. The minimum Gasteiger partial charge on any atom is -0.372 e. The van der Waals surface area contributed by atoms with Gasteiger partial charge >= 0.3 is 0 Å². The molecule has 3 rings (SSSR count). The highest BCUT2D eigenvalue weighted by Crippen LogP contribution is 2.41. The van der Waals surface area contributed by atoms with Crippen molar-refractivity contribution in [1.82, 2.24) is 4.98 Å². The number of thioether (sulfide) groups is 1. The van der Waals surface area contributed by atoms with E-state index in [1.165, 1.54) is 6.42 Å². The summed E-state index contributed by atoms with van der Waals surface area (Å²) in [5.74, 6) is -0.129. The Balaban J connectivity index is 1.88. The molecule has 0 bridgehead atoms. The van der Waals surface area contributed by atoms with Gasteiger partial charge < -0.3 is 10.2 Å². The minimum atomic E-state index is -0.129. The molecule has 1 amide bonds. The summed E-state index contributed by atoms with van der Waals surface area (Å²) in [7, 11) is 2.10. The Morgan fingerprint density at radius 1 is 1.25 bits per heavy atom. The van der Waals surface area contributed by atoms with Crippen LogP contribution in [0.2, 0.25) is 0 Å². The van der Waals surface area contributed by atoms with Gasteiger partial charge in [-0.1, -0.05) is 70.8 Å². The molecule has 0 aromatic carbocycles. The third-order valence-corrected chi connectivity index (χ3v) is 6.20.